The van der Waals surface area contributed by atoms with Crippen molar-refractivity contribution in [1.82, 2.24) is 14.8 Å². The van der Waals surface area contributed by atoms with E-state index in [0.717, 1.165) is 5.57 Å². The normalized spacial score (nSPS) is 20.4. The summed E-state index contributed by atoms with van der Waals surface area (Å²) in [4.78, 5) is 12.9. The van der Waals surface area contributed by atoms with Gasteiger partial charge in [0.25, 0.3) is 15.6 Å². The summed E-state index contributed by atoms with van der Waals surface area (Å²) in [5.74, 6) is -0.950. The van der Waals surface area contributed by atoms with Crippen LogP contribution in [-0.2, 0) is 14.8 Å². The molecule has 1 fully saturated rings. The molecule has 37 heavy (non-hydrogen) atoms. The highest BCUT2D eigenvalue weighted by molar-refractivity contribution is 7.92. The molecule has 8 nitrogen and oxygen atoms in total. The Balaban J connectivity index is 1.49. The van der Waals surface area contributed by atoms with Crippen LogP contribution < -0.4 is 10.3 Å². The average molecular weight is 533 g/mol. The number of benzene rings is 1. The fourth-order valence-corrected chi connectivity index (χ4v) is 5.87. The molecule has 2 heterocycles. The Labute approximate surface area is 210 Å². The van der Waals surface area contributed by atoms with Crippen molar-refractivity contribution < 1.29 is 26.3 Å². The van der Waals surface area contributed by atoms with E-state index in [4.69, 9.17) is 4.74 Å². The Morgan fingerprint density at radius 2 is 1.89 bits per heavy atom. The van der Waals surface area contributed by atoms with Crippen LogP contribution in [0.25, 0.3) is 16.6 Å². The number of methoxy groups -OCH3 is 1. The third-order valence-electron chi connectivity index (χ3n) is 6.85. The van der Waals surface area contributed by atoms with Crippen molar-refractivity contribution in [2.45, 2.75) is 36.8 Å². The van der Waals surface area contributed by atoms with E-state index in [1.807, 2.05) is 0 Å². The summed E-state index contributed by atoms with van der Waals surface area (Å²) in [6.07, 6.45) is 0.0229. The number of nitrogens with zero attached hydrogens (tertiary/aromatic N) is 3. The second-order valence-electron chi connectivity index (χ2n) is 9.08. The number of alkyl halides is 3. The molecule has 0 aliphatic heterocycles. The Morgan fingerprint density at radius 1 is 1.11 bits per heavy atom. The third-order valence-corrected chi connectivity index (χ3v) is 8.21. The number of hydrogen-bond acceptors (Lipinski definition) is 6. The van der Waals surface area contributed by atoms with Crippen LogP contribution in [0.1, 0.15) is 25.7 Å². The highest BCUT2D eigenvalue weighted by atomic mass is 32.2. The molecule has 2 aliphatic rings. The van der Waals surface area contributed by atoms with Crippen molar-refractivity contribution in [1.29, 1.82) is 0 Å². The van der Waals surface area contributed by atoms with Gasteiger partial charge in [0, 0.05) is 17.6 Å². The molecule has 2 aliphatic carbocycles. The van der Waals surface area contributed by atoms with Gasteiger partial charge in [0.15, 0.2) is 5.82 Å². The molecule has 1 saturated carbocycles. The first-order valence-corrected chi connectivity index (χ1v) is 13.1. The third kappa shape index (κ3) is 4.85. The predicted octanol–water partition coefficient (Wildman–Crippen LogP) is 4.72. The van der Waals surface area contributed by atoms with Gasteiger partial charge in [0.2, 0.25) is 0 Å². The maximum Gasteiger partial charge on any atom is 0.391 e. The Bertz CT molecular complexity index is 1570. The van der Waals surface area contributed by atoms with E-state index in [1.54, 1.807) is 18.2 Å². The average Bonchev–Trinajstić information content (AvgIpc) is 2.82. The molecule has 0 saturated heterocycles. The molecule has 5 rings (SSSR count). The molecule has 2 aromatic heterocycles. The molecule has 0 spiro atoms. The van der Waals surface area contributed by atoms with Crippen molar-refractivity contribution in [3.8, 4) is 0 Å². The Kier molecular flexibility index (Phi) is 6.30. The number of fused-ring (bicyclic) bond motifs is 1. The van der Waals surface area contributed by atoms with Crippen LogP contribution in [0.4, 0.5) is 19.0 Å². The van der Waals surface area contributed by atoms with Crippen molar-refractivity contribution in [3.05, 3.63) is 76.4 Å². The van der Waals surface area contributed by atoms with Crippen LogP contribution in [0.5, 0.6) is 0 Å². The van der Waals surface area contributed by atoms with Crippen molar-refractivity contribution >= 4 is 32.4 Å². The van der Waals surface area contributed by atoms with Crippen LogP contribution in [0.15, 0.2) is 75.8 Å². The van der Waals surface area contributed by atoms with Crippen LogP contribution in [0.2, 0.25) is 0 Å². The lowest BCUT2D eigenvalue weighted by molar-refractivity contribution is -0.201. The minimum atomic E-state index is -4.18. The fourth-order valence-electron chi connectivity index (χ4n) is 4.84. The van der Waals surface area contributed by atoms with E-state index >= 15 is 0 Å². The van der Waals surface area contributed by atoms with Gasteiger partial charge in [-0.3, -0.25) is 14.1 Å². The first-order chi connectivity index (χ1) is 17.6. The van der Waals surface area contributed by atoms with Crippen LogP contribution >= 0.6 is 0 Å². The van der Waals surface area contributed by atoms with Gasteiger partial charge in [-0.2, -0.15) is 18.3 Å². The van der Waals surface area contributed by atoms with Gasteiger partial charge in [-0.05, 0) is 74.1 Å². The van der Waals surface area contributed by atoms with Crippen molar-refractivity contribution in [2.75, 3.05) is 11.8 Å². The standard InChI is InChI=1S/C25H23F3N4O4S/c1-36-22-14-15(17-11-18(12-17)25(26,27)28)4-7-21(22)32-20-8-6-19(13-16(20)5-9-24(32)33)37(34,35)31-23-3-2-10-29-30-23/h2-3,5-6,8-10,13-14,17-18H,4,7,11-12H2,1H3,(H,30,31)/t17-,18-. The maximum absolute atomic E-state index is 12.9. The summed E-state index contributed by atoms with van der Waals surface area (Å²) in [6.45, 7) is 0. The highest BCUT2D eigenvalue weighted by Gasteiger charge is 2.48. The summed E-state index contributed by atoms with van der Waals surface area (Å²) >= 11 is 0. The topological polar surface area (TPSA) is 103 Å². The maximum atomic E-state index is 12.9. The number of sulfonamides is 1. The monoisotopic (exact) mass is 532 g/mol. The molecule has 0 amide bonds. The van der Waals surface area contributed by atoms with Gasteiger partial charge in [-0.25, -0.2) is 8.42 Å². The van der Waals surface area contributed by atoms with Gasteiger partial charge >= 0.3 is 6.18 Å². The van der Waals surface area contributed by atoms with Gasteiger partial charge in [-0.1, -0.05) is 5.57 Å². The van der Waals surface area contributed by atoms with Crippen molar-refractivity contribution in [3.63, 3.8) is 0 Å². The molecule has 1 N–H and O–H groups in total. The lowest BCUT2D eigenvalue weighted by Crippen LogP contribution is -2.37. The minimum absolute atomic E-state index is 0.0215. The molecule has 194 valence electrons. The second-order valence-corrected chi connectivity index (χ2v) is 10.8. The fraction of sp³-hybridized carbons (Fsp3) is 0.320. The predicted molar refractivity (Wildman–Crippen MR) is 131 cm³/mol. The Hall–Kier alpha value is -3.67. The number of aromatic nitrogens is 3. The van der Waals surface area contributed by atoms with Crippen LogP contribution in [-0.4, -0.2) is 36.5 Å². The van der Waals surface area contributed by atoms with Gasteiger partial charge < -0.3 is 4.74 Å². The van der Waals surface area contributed by atoms with Crippen LogP contribution in [0.3, 0.4) is 0 Å². The molecule has 12 heteroatoms. The van der Waals surface area contributed by atoms with Crippen LogP contribution in [0, 0.1) is 11.8 Å². The molecular formula is C25H23F3N4O4S. The zero-order valence-corrected chi connectivity index (χ0v) is 20.5. The molecule has 0 atom stereocenters. The number of hydrogen-bond donors (Lipinski definition) is 1. The summed E-state index contributed by atoms with van der Waals surface area (Å²) < 4.78 is 73.9. The highest BCUT2D eigenvalue weighted by Crippen LogP contribution is 2.49. The quantitative estimate of drug-likeness (QED) is 0.493. The number of anilines is 1. The smallest absolute Gasteiger partial charge is 0.391 e. The van der Waals surface area contributed by atoms with E-state index in [1.165, 1.54) is 48.2 Å². The SMILES string of the molecule is COC1=C(n2c(=O)ccc3cc(S(=O)(=O)Nc4cccnn4)ccc32)CCC([C@H]2C[C@H](C(F)(F)F)C2)=C1. The summed E-state index contributed by atoms with van der Waals surface area (Å²) in [7, 11) is -2.51. The molecule has 0 radical (unpaired) electrons. The number of pyridine rings is 1. The first-order valence-electron chi connectivity index (χ1n) is 11.6. The zero-order valence-electron chi connectivity index (χ0n) is 19.7. The summed E-state index contributed by atoms with van der Waals surface area (Å²) in [5, 5.41) is 7.89. The number of allylic oxidation sites excluding steroid dienone is 3. The van der Waals surface area contributed by atoms with E-state index in [9.17, 15) is 26.4 Å². The van der Waals surface area contributed by atoms with Gasteiger partial charge in [0.1, 0.15) is 5.76 Å². The zero-order chi connectivity index (χ0) is 26.4. The summed E-state index contributed by atoms with van der Waals surface area (Å²) in [6, 6.07) is 10.3. The van der Waals surface area contributed by atoms with E-state index in [2.05, 4.69) is 14.9 Å². The lowest BCUT2D eigenvalue weighted by Gasteiger charge is -2.39. The molecular weight excluding hydrogens is 509 g/mol. The van der Waals surface area contributed by atoms with Gasteiger partial charge in [0.05, 0.1) is 29.1 Å². The molecule has 0 unspecified atom stereocenters. The van der Waals surface area contributed by atoms with E-state index < -0.39 is 22.1 Å². The van der Waals surface area contributed by atoms with Gasteiger partial charge in [-0.15, -0.1) is 5.10 Å². The molecule has 1 aromatic carbocycles. The number of rotatable bonds is 6. The lowest BCUT2D eigenvalue weighted by atomic mass is 9.69. The Morgan fingerprint density at radius 3 is 2.57 bits per heavy atom. The number of halogens is 3. The van der Waals surface area contributed by atoms with Crippen molar-refractivity contribution in [2.24, 2.45) is 11.8 Å². The summed E-state index contributed by atoms with van der Waals surface area (Å²) in [5.41, 5.74) is 1.61. The molecule has 0 bridgehead atoms. The number of ether oxygens (including phenoxy) is 1. The minimum Gasteiger partial charge on any atom is -0.495 e. The largest absolute Gasteiger partial charge is 0.495 e. The number of nitrogens with one attached hydrogen (secondary N) is 1. The van der Waals surface area contributed by atoms with E-state index in [0.29, 0.717) is 35.2 Å². The van der Waals surface area contributed by atoms with E-state index in [-0.39, 0.29) is 35.0 Å². The second kappa shape index (κ2) is 9.33. The molecule has 3 aromatic rings. The first kappa shape index (κ1) is 25.0.